The van der Waals surface area contributed by atoms with Crippen molar-refractivity contribution in [2.45, 2.75) is 167 Å². The Balaban J connectivity index is 4.04. The lowest BCUT2D eigenvalue weighted by Gasteiger charge is -2.38. The molecule has 0 fully saturated rings. The van der Waals surface area contributed by atoms with Gasteiger partial charge in [-0.25, -0.2) is 9.59 Å². The Hall–Kier alpha value is -2.19. The van der Waals surface area contributed by atoms with Crippen molar-refractivity contribution in [1.29, 1.82) is 0 Å². The second-order valence-corrected chi connectivity index (χ2v) is 35.6. The first-order valence-corrected chi connectivity index (χ1v) is 38.0. The Labute approximate surface area is 462 Å². The summed E-state index contributed by atoms with van der Waals surface area (Å²) in [4.78, 5) is 62.7. The van der Waals surface area contributed by atoms with E-state index >= 15 is 0 Å². The van der Waals surface area contributed by atoms with E-state index in [1.54, 1.807) is 0 Å². The molecule has 75 heavy (non-hydrogen) atoms. The summed E-state index contributed by atoms with van der Waals surface area (Å²) in [5.74, 6) is -0.349. The molecule has 18 nitrogen and oxygen atoms in total. The Morgan fingerprint density at radius 1 is 0.360 bits per heavy atom. The average molecular weight is 1120 g/mol. The minimum atomic E-state index is -2.36. The zero-order valence-electron chi connectivity index (χ0n) is 50.7. The van der Waals surface area contributed by atoms with Gasteiger partial charge < -0.3 is 67.2 Å². The topological polar surface area (TPSA) is 167 Å². The van der Waals surface area contributed by atoms with Crippen LogP contribution in [0, 0.1) is 0 Å². The lowest BCUT2D eigenvalue weighted by molar-refractivity contribution is -0.146. The molecule has 21 heteroatoms. The van der Waals surface area contributed by atoms with Crippen LogP contribution in [0.25, 0.3) is 0 Å². The van der Waals surface area contributed by atoms with Gasteiger partial charge in [-0.1, -0.05) is 38.5 Å². The Morgan fingerprint density at radius 3 is 0.987 bits per heavy atom. The molecule has 0 bridgehead atoms. The number of ether oxygens (including phenoxy) is 4. The third-order valence-electron chi connectivity index (χ3n) is 12.5. The summed E-state index contributed by atoms with van der Waals surface area (Å²) in [5, 5.41) is 6.22. The van der Waals surface area contributed by atoms with Crippen LogP contribution < -0.4 is 10.6 Å². The number of unbranched alkanes of at least 4 members (excludes halogenated alkanes) is 8. The number of rotatable bonds is 50. The number of nitrogens with zero attached hydrogens (tertiary/aromatic N) is 6. The van der Waals surface area contributed by atoms with E-state index in [4.69, 9.17) is 27.2 Å². The standard InChI is InChI=1S/C54H116N8O10Si3/c1-57(2)35-25-39-61(40-26-36-58(3)4)53(65)55-33-23-19-15-17-21-31-51(63)69-47-45-67-43-29-49-73(9,10)71-75(13,14)72-74(11,12)50-30-44-68-46-48-70-52(64)32-22-18-16-20-24-34-56-54(66)62(41-27-37-59(5)6)42-28-38-60(7)8/h15-50H2,1-14H3,(H,55,65)(H,56,66). The van der Waals surface area contributed by atoms with Crippen LogP contribution in [-0.2, 0) is 36.8 Å². The van der Waals surface area contributed by atoms with Crippen LogP contribution in [0.15, 0.2) is 0 Å². The normalized spacial score (nSPS) is 12.3. The molecule has 444 valence electrons. The van der Waals surface area contributed by atoms with Crippen molar-refractivity contribution in [2.75, 3.05) is 161 Å². The molecule has 0 unspecified atom stereocenters. The van der Waals surface area contributed by atoms with Crippen molar-refractivity contribution in [3.63, 3.8) is 0 Å². The van der Waals surface area contributed by atoms with Crippen molar-refractivity contribution < 1.29 is 46.4 Å². The molecule has 0 aliphatic carbocycles. The van der Waals surface area contributed by atoms with E-state index in [9.17, 15) is 19.2 Å². The smallest absolute Gasteiger partial charge is 0.317 e. The van der Waals surface area contributed by atoms with Crippen LogP contribution in [0.4, 0.5) is 9.59 Å². The first kappa shape index (κ1) is 72.8. The van der Waals surface area contributed by atoms with Crippen molar-refractivity contribution in [3.8, 4) is 0 Å². The molecule has 0 radical (unpaired) electrons. The van der Waals surface area contributed by atoms with Crippen LogP contribution in [0.2, 0.25) is 51.4 Å². The highest BCUT2D eigenvalue weighted by Gasteiger charge is 2.39. The Bertz CT molecular complexity index is 1320. The number of hydrogen-bond donors (Lipinski definition) is 2. The van der Waals surface area contributed by atoms with Gasteiger partial charge in [0, 0.05) is 65.3 Å². The molecule has 0 aliphatic heterocycles. The molecule has 0 atom stereocenters. The van der Waals surface area contributed by atoms with Gasteiger partial charge in [0.1, 0.15) is 13.2 Å². The molecular formula is C54H116N8O10Si3. The number of hydrogen-bond acceptors (Lipinski definition) is 14. The fourth-order valence-corrected chi connectivity index (χ4v) is 22.8. The number of amides is 4. The van der Waals surface area contributed by atoms with Gasteiger partial charge in [0.15, 0.2) is 16.6 Å². The molecule has 0 heterocycles. The average Bonchev–Trinajstić information content (AvgIpc) is 3.30. The van der Waals surface area contributed by atoms with Gasteiger partial charge in [0.2, 0.25) is 0 Å². The van der Waals surface area contributed by atoms with Gasteiger partial charge in [0.25, 0.3) is 0 Å². The number of urea groups is 2. The predicted molar refractivity (Wildman–Crippen MR) is 315 cm³/mol. The van der Waals surface area contributed by atoms with Gasteiger partial charge in [-0.3, -0.25) is 9.59 Å². The van der Waals surface area contributed by atoms with Crippen molar-refractivity contribution in [1.82, 2.24) is 40.0 Å². The summed E-state index contributed by atoms with van der Waals surface area (Å²) >= 11 is 0. The molecule has 0 saturated carbocycles. The largest absolute Gasteiger partial charge is 0.463 e. The predicted octanol–water partition coefficient (Wildman–Crippen LogP) is 8.54. The van der Waals surface area contributed by atoms with E-state index < -0.39 is 25.2 Å². The minimum Gasteiger partial charge on any atom is -0.463 e. The highest BCUT2D eigenvalue weighted by molar-refractivity contribution is 6.87. The Kier molecular flexibility index (Phi) is 43.3. The number of esters is 2. The molecule has 0 saturated heterocycles. The summed E-state index contributed by atoms with van der Waals surface area (Å²) in [6, 6.07) is 1.99. The maximum absolute atomic E-state index is 12.8. The van der Waals surface area contributed by atoms with Crippen molar-refractivity contribution in [2.24, 2.45) is 0 Å². The Morgan fingerprint density at radius 2 is 0.667 bits per heavy atom. The third kappa shape index (κ3) is 47.5. The van der Waals surface area contributed by atoms with E-state index in [0.717, 1.165) is 167 Å². The summed E-state index contributed by atoms with van der Waals surface area (Å²) in [6.07, 6.45) is 16.0. The summed E-state index contributed by atoms with van der Waals surface area (Å²) in [7, 11) is 10.1. The molecule has 0 rings (SSSR count). The van der Waals surface area contributed by atoms with Crippen molar-refractivity contribution in [3.05, 3.63) is 0 Å². The quantitative estimate of drug-likeness (QED) is 0.0338. The molecule has 0 aliphatic rings. The van der Waals surface area contributed by atoms with Gasteiger partial charge in [-0.15, -0.1) is 0 Å². The second kappa shape index (κ2) is 44.6. The van der Waals surface area contributed by atoms with Crippen LogP contribution in [0.5, 0.6) is 0 Å². The van der Waals surface area contributed by atoms with E-state index in [2.05, 4.69) is 126 Å². The number of carbonyl (C=O) groups excluding carboxylic acids is 4. The van der Waals surface area contributed by atoms with E-state index in [1.807, 2.05) is 9.80 Å². The third-order valence-corrected chi connectivity index (χ3v) is 24.0. The summed E-state index contributed by atoms with van der Waals surface area (Å²) in [6.45, 7) is 24.1. The minimum absolute atomic E-state index is 0.0319. The fourth-order valence-electron chi connectivity index (χ4n) is 8.84. The SMILES string of the molecule is CN(C)CCCN(CCCN(C)C)C(=O)NCCCCCCCC(=O)OCCOCCC[Si](C)(C)O[Si](C)(C)O[Si](C)(C)CCCOCCOC(=O)CCCCCCCNC(=O)N(CCCN(C)C)CCCN(C)C. The van der Waals surface area contributed by atoms with Crippen LogP contribution in [-0.4, -0.2) is 240 Å². The highest BCUT2D eigenvalue weighted by Crippen LogP contribution is 2.26. The fraction of sp³-hybridized carbons (Fsp3) is 0.926. The molecule has 4 amide bonds. The highest BCUT2D eigenvalue weighted by atomic mass is 28.5. The maximum atomic E-state index is 12.8. The number of nitrogens with one attached hydrogen (secondary N) is 2. The van der Waals surface area contributed by atoms with Crippen LogP contribution >= 0.6 is 0 Å². The lowest BCUT2D eigenvalue weighted by Crippen LogP contribution is -2.52. The molecular weight excluding hydrogens is 1000 g/mol. The van der Waals surface area contributed by atoms with E-state index in [0.29, 0.717) is 52.4 Å². The van der Waals surface area contributed by atoms with Gasteiger partial charge in [-0.05, 0) is 198 Å². The van der Waals surface area contributed by atoms with Gasteiger partial charge in [-0.2, -0.15) is 0 Å². The van der Waals surface area contributed by atoms with Crippen molar-refractivity contribution >= 4 is 49.2 Å². The maximum Gasteiger partial charge on any atom is 0.317 e. The second-order valence-electron chi connectivity index (χ2n) is 23.1. The molecule has 0 aromatic heterocycles. The first-order chi connectivity index (χ1) is 35.4. The first-order valence-electron chi connectivity index (χ1n) is 28.9. The summed E-state index contributed by atoms with van der Waals surface area (Å²) < 4.78 is 36.0. The zero-order valence-corrected chi connectivity index (χ0v) is 53.7. The summed E-state index contributed by atoms with van der Waals surface area (Å²) in [5.41, 5.74) is 0. The molecule has 0 spiro atoms. The lowest BCUT2D eigenvalue weighted by atomic mass is 10.1. The van der Waals surface area contributed by atoms with E-state index in [1.165, 1.54) is 0 Å². The van der Waals surface area contributed by atoms with Crippen LogP contribution in [0.1, 0.15) is 116 Å². The van der Waals surface area contributed by atoms with Gasteiger partial charge >= 0.3 is 32.6 Å². The molecule has 2 N–H and O–H groups in total. The molecule has 0 aromatic carbocycles. The molecule has 0 aromatic rings. The zero-order chi connectivity index (χ0) is 56.4. The number of carbonyl (C=O) groups is 4. The van der Waals surface area contributed by atoms with E-state index in [-0.39, 0.29) is 37.2 Å². The monoisotopic (exact) mass is 1120 g/mol. The van der Waals surface area contributed by atoms with Gasteiger partial charge in [0.05, 0.1) is 13.2 Å². The van der Waals surface area contributed by atoms with Crippen LogP contribution in [0.3, 0.4) is 0 Å².